The Morgan fingerprint density at radius 3 is 2.79 bits per heavy atom. The molecule has 0 amide bonds. The van der Waals surface area contributed by atoms with Gasteiger partial charge in [-0.3, -0.25) is 0 Å². The largest absolute Gasteiger partial charge is 0.377 e. The highest BCUT2D eigenvalue weighted by Gasteiger charge is 2.08. The van der Waals surface area contributed by atoms with Crippen molar-refractivity contribution < 1.29 is 8.78 Å². The zero-order valence-electron chi connectivity index (χ0n) is 10.6. The molecular formula is C14H15BrF2N2. The molecule has 0 saturated carbocycles. The van der Waals surface area contributed by atoms with Crippen molar-refractivity contribution in [2.45, 2.75) is 26.4 Å². The Balaban J connectivity index is 2.10. The van der Waals surface area contributed by atoms with Gasteiger partial charge in [-0.15, -0.1) is 0 Å². The molecule has 5 heteroatoms. The Morgan fingerprint density at radius 2 is 2.05 bits per heavy atom. The highest BCUT2D eigenvalue weighted by atomic mass is 79.9. The molecule has 102 valence electrons. The van der Waals surface area contributed by atoms with E-state index in [0.29, 0.717) is 6.54 Å². The highest BCUT2D eigenvalue weighted by molar-refractivity contribution is 9.10. The lowest BCUT2D eigenvalue weighted by Crippen LogP contribution is -2.08. The SMILES string of the molecule is CCCn1cccc1CNc1cc(F)c(Br)cc1F. The molecule has 2 nitrogen and oxygen atoms in total. The Labute approximate surface area is 119 Å². The first kappa shape index (κ1) is 14.1. The summed E-state index contributed by atoms with van der Waals surface area (Å²) < 4.78 is 29.2. The van der Waals surface area contributed by atoms with E-state index in [4.69, 9.17) is 0 Å². The van der Waals surface area contributed by atoms with E-state index in [-0.39, 0.29) is 10.2 Å². The summed E-state index contributed by atoms with van der Waals surface area (Å²) in [6.07, 6.45) is 3.02. The van der Waals surface area contributed by atoms with Crippen LogP contribution < -0.4 is 5.32 Å². The van der Waals surface area contributed by atoms with Crippen molar-refractivity contribution in [3.05, 3.63) is 52.3 Å². The Morgan fingerprint density at radius 1 is 1.26 bits per heavy atom. The van der Waals surface area contributed by atoms with Gasteiger partial charge in [0.1, 0.15) is 11.6 Å². The summed E-state index contributed by atoms with van der Waals surface area (Å²) in [6, 6.07) is 6.20. The van der Waals surface area contributed by atoms with Gasteiger partial charge < -0.3 is 9.88 Å². The van der Waals surface area contributed by atoms with E-state index >= 15 is 0 Å². The van der Waals surface area contributed by atoms with Crippen LogP contribution in [0, 0.1) is 11.6 Å². The maximum Gasteiger partial charge on any atom is 0.147 e. The fourth-order valence-corrected chi connectivity index (χ4v) is 2.23. The van der Waals surface area contributed by atoms with E-state index in [1.807, 2.05) is 18.3 Å². The van der Waals surface area contributed by atoms with Crippen molar-refractivity contribution >= 4 is 21.6 Å². The number of nitrogens with zero attached hydrogens (tertiary/aromatic N) is 1. The predicted octanol–water partition coefficient (Wildman–Crippen LogP) is 4.55. The second-order valence-electron chi connectivity index (χ2n) is 4.29. The standard InChI is InChI=1S/C14H15BrF2N2/c1-2-5-19-6-3-4-10(19)9-18-14-8-12(16)11(15)7-13(14)17/h3-4,6-8,18H,2,5,9H2,1H3. The van der Waals surface area contributed by atoms with Crippen molar-refractivity contribution in [3.63, 3.8) is 0 Å². The van der Waals surface area contributed by atoms with E-state index in [1.165, 1.54) is 0 Å². The molecule has 2 rings (SSSR count). The maximum atomic E-state index is 13.6. The second-order valence-corrected chi connectivity index (χ2v) is 5.15. The zero-order chi connectivity index (χ0) is 13.8. The first-order valence-corrected chi connectivity index (χ1v) is 6.93. The third-order valence-corrected chi connectivity index (χ3v) is 3.47. The van der Waals surface area contributed by atoms with Gasteiger partial charge in [0.2, 0.25) is 0 Å². The lowest BCUT2D eigenvalue weighted by Gasteiger charge is -2.11. The van der Waals surface area contributed by atoms with Gasteiger partial charge in [-0.25, -0.2) is 8.78 Å². The van der Waals surface area contributed by atoms with Gasteiger partial charge in [-0.05, 0) is 40.5 Å². The molecule has 0 aliphatic heterocycles. The van der Waals surface area contributed by atoms with E-state index in [9.17, 15) is 8.78 Å². The fraction of sp³-hybridized carbons (Fsp3) is 0.286. The van der Waals surface area contributed by atoms with Crippen LogP contribution in [0.5, 0.6) is 0 Å². The van der Waals surface area contributed by atoms with E-state index < -0.39 is 11.6 Å². The number of rotatable bonds is 5. The van der Waals surface area contributed by atoms with Gasteiger partial charge in [0.05, 0.1) is 16.7 Å². The van der Waals surface area contributed by atoms with Gasteiger partial charge in [-0.2, -0.15) is 0 Å². The number of benzene rings is 1. The minimum Gasteiger partial charge on any atom is -0.377 e. The van der Waals surface area contributed by atoms with Crippen LogP contribution in [0.2, 0.25) is 0 Å². The van der Waals surface area contributed by atoms with Crippen molar-refractivity contribution in [3.8, 4) is 0 Å². The average molecular weight is 329 g/mol. The van der Waals surface area contributed by atoms with Crippen molar-refractivity contribution in [2.75, 3.05) is 5.32 Å². The lowest BCUT2D eigenvalue weighted by atomic mass is 10.3. The van der Waals surface area contributed by atoms with Crippen LogP contribution in [-0.4, -0.2) is 4.57 Å². The van der Waals surface area contributed by atoms with Gasteiger partial charge in [0, 0.05) is 24.5 Å². The number of aryl methyl sites for hydroxylation is 1. The number of nitrogens with one attached hydrogen (secondary N) is 1. The molecule has 2 aromatic rings. The van der Waals surface area contributed by atoms with Crippen LogP contribution in [0.3, 0.4) is 0 Å². The van der Waals surface area contributed by atoms with Gasteiger partial charge in [0.15, 0.2) is 0 Å². The van der Waals surface area contributed by atoms with Gasteiger partial charge >= 0.3 is 0 Å². The first-order valence-electron chi connectivity index (χ1n) is 6.14. The monoisotopic (exact) mass is 328 g/mol. The van der Waals surface area contributed by atoms with Gasteiger partial charge in [0.25, 0.3) is 0 Å². The summed E-state index contributed by atoms with van der Waals surface area (Å²) in [6.45, 7) is 3.48. The Kier molecular flexibility index (Phi) is 4.58. The third kappa shape index (κ3) is 3.35. The molecule has 0 fully saturated rings. The average Bonchev–Trinajstić information content (AvgIpc) is 2.80. The summed E-state index contributed by atoms with van der Waals surface area (Å²) in [5.74, 6) is -0.949. The van der Waals surface area contributed by atoms with Crippen LogP contribution in [-0.2, 0) is 13.1 Å². The summed E-state index contributed by atoms with van der Waals surface area (Å²) in [4.78, 5) is 0. The summed E-state index contributed by atoms with van der Waals surface area (Å²) in [7, 11) is 0. The predicted molar refractivity (Wildman–Crippen MR) is 76.1 cm³/mol. The van der Waals surface area contributed by atoms with Crippen molar-refractivity contribution in [1.29, 1.82) is 0 Å². The van der Waals surface area contributed by atoms with E-state index in [2.05, 4.69) is 32.7 Å². The summed E-state index contributed by atoms with van der Waals surface area (Å²) >= 11 is 2.96. The fourth-order valence-electron chi connectivity index (χ4n) is 1.91. The maximum absolute atomic E-state index is 13.6. The number of halogens is 3. The number of hydrogen-bond acceptors (Lipinski definition) is 1. The second kappa shape index (κ2) is 6.19. The van der Waals surface area contributed by atoms with Crippen LogP contribution in [0.25, 0.3) is 0 Å². The topological polar surface area (TPSA) is 17.0 Å². The lowest BCUT2D eigenvalue weighted by molar-refractivity contribution is 0.595. The molecule has 1 heterocycles. The molecule has 1 aromatic heterocycles. The summed E-state index contributed by atoms with van der Waals surface area (Å²) in [5.41, 5.74) is 1.22. The van der Waals surface area contributed by atoms with Crippen LogP contribution in [0.4, 0.5) is 14.5 Å². The number of hydrogen-bond donors (Lipinski definition) is 1. The molecule has 0 spiro atoms. The van der Waals surface area contributed by atoms with Crippen molar-refractivity contribution in [2.24, 2.45) is 0 Å². The molecule has 0 bridgehead atoms. The Hall–Kier alpha value is -1.36. The number of aromatic nitrogens is 1. The number of anilines is 1. The van der Waals surface area contributed by atoms with Crippen LogP contribution >= 0.6 is 15.9 Å². The normalized spacial score (nSPS) is 10.7. The Bertz CT molecular complexity index is 567. The molecule has 1 aromatic carbocycles. The molecule has 0 radical (unpaired) electrons. The molecule has 1 N–H and O–H groups in total. The van der Waals surface area contributed by atoms with E-state index in [1.54, 1.807) is 0 Å². The minimum atomic E-state index is -0.479. The smallest absolute Gasteiger partial charge is 0.147 e. The highest BCUT2D eigenvalue weighted by Crippen LogP contribution is 2.23. The molecule has 0 atom stereocenters. The first-order chi connectivity index (χ1) is 9.11. The molecular weight excluding hydrogens is 314 g/mol. The minimum absolute atomic E-state index is 0.130. The molecule has 0 unspecified atom stereocenters. The third-order valence-electron chi connectivity index (χ3n) is 2.86. The molecule has 0 aliphatic carbocycles. The van der Waals surface area contributed by atoms with E-state index in [0.717, 1.165) is 30.8 Å². The summed E-state index contributed by atoms with van der Waals surface area (Å²) in [5, 5.41) is 2.93. The van der Waals surface area contributed by atoms with Gasteiger partial charge in [-0.1, -0.05) is 6.92 Å². The molecule has 19 heavy (non-hydrogen) atoms. The zero-order valence-corrected chi connectivity index (χ0v) is 12.2. The van der Waals surface area contributed by atoms with Crippen LogP contribution in [0.15, 0.2) is 34.9 Å². The van der Waals surface area contributed by atoms with Crippen molar-refractivity contribution in [1.82, 2.24) is 4.57 Å². The quantitative estimate of drug-likeness (QED) is 0.796. The van der Waals surface area contributed by atoms with Crippen LogP contribution in [0.1, 0.15) is 19.0 Å². The molecule has 0 saturated heterocycles. The molecule has 0 aliphatic rings.